The minimum absolute atomic E-state index is 0.0126. The Morgan fingerprint density at radius 2 is 1.75 bits per heavy atom. The van der Waals surface area contributed by atoms with E-state index in [0.717, 1.165) is 5.56 Å². The maximum absolute atomic E-state index is 13.0. The molecule has 1 heterocycles. The molecule has 1 aliphatic heterocycles. The van der Waals surface area contributed by atoms with Gasteiger partial charge in [0.05, 0.1) is 19.9 Å². The van der Waals surface area contributed by atoms with Crippen LogP contribution in [0.2, 0.25) is 0 Å². The lowest BCUT2D eigenvalue weighted by Gasteiger charge is -2.29. The average molecular weight is 398 g/mol. The van der Waals surface area contributed by atoms with Crippen LogP contribution in [-0.4, -0.2) is 36.3 Å². The molecule has 0 spiro atoms. The molecule has 3 rings (SSSR count). The number of carbonyl (C=O) groups is 2. The number of phenolic OH excluding ortho intramolecular Hbond substituents is 1. The van der Waals surface area contributed by atoms with Gasteiger partial charge >= 0.3 is 0 Å². The van der Waals surface area contributed by atoms with Gasteiger partial charge in [-0.1, -0.05) is 12.1 Å². The molecule has 2 aromatic carbocycles. The Labute approximate surface area is 167 Å². The van der Waals surface area contributed by atoms with Crippen molar-refractivity contribution in [3.05, 3.63) is 53.1 Å². The first kappa shape index (κ1) is 19.4. The number of nitrogens with one attached hydrogen (secondary N) is 1. The smallest absolute Gasteiger partial charge is 0.270 e. The van der Waals surface area contributed by atoms with E-state index in [1.54, 1.807) is 18.2 Å². The van der Waals surface area contributed by atoms with E-state index in [9.17, 15) is 14.7 Å². The van der Waals surface area contributed by atoms with Crippen LogP contribution < -0.4 is 19.7 Å². The molecule has 8 heteroatoms. The Kier molecular flexibility index (Phi) is 5.32. The zero-order chi connectivity index (χ0) is 20.4. The van der Waals surface area contributed by atoms with Crippen LogP contribution >= 0.6 is 12.2 Å². The predicted octanol–water partition coefficient (Wildman–Crippen LogP) is 2.55. The standard InChI is InChI=1S/C20H18N2O5S/c1-11-5-4-6-13(7-11)22-19(25)14(18(24)21-20(22)28)8-12-9-15(26-2)17(23)16(10-12)27-3/h4-10,23H,1-3H3,(H,21,24,28)/b14-8-. The molecule has 28 heavy (non-hydrogen) atoms. The summed E-state index contributed by atoms with van der Waals surface area (Å²) in [5.74, 6) is -1.02. The molecule has 1 fully saturated rings. The molecule has 2 amide bonds. The maximum atomic E-state index is 13.0. The number of phenols is 1. The number of amides is 2. The van der Waals surface area contributed by atoms with Crippen LogP contribution in [0.4, 0.5) is 5.69 Å². The number of hydrogen-bond acceptors (Lipinski definition) is 6. The Balaban J connectivity index is 2.07. The molecule has 0 unspecified atom stereocenters. The third-order valence-electron chi connectivity index (χ3n) is 4.17. The first-order valence-corrected chi connectivity index (χ1v) is 8.69. The van der Waals surface area contributed by atoms with E-state index in [1.165, 1.54) is 37.3 Å². The molecule has 1 saturated heterocycles. The number of carbonyl (C=O) groups excluding carboxylic acids is 2. The summed E-state index contributed by atoms with van der Waals surface area (Å²) >= 11 is 5.19. The van der Waals surface area contributed by atoms with Crippen molar-refractivity contribution in [2.75, 3.05) is 19.1 Å². The molecule has 0 atom stereocenters. The second-order valence-corrected chi connectivity index (χ2v) is 6.46. The van der Waals surface area contributed by atoms with Crippen molar-refractivity contribution in [3.63, 3.8) is 0 Å². The van der Waals surface area contributed by atoms with Gasteiger partial charge in [-0.05, 0) is 60.6 Å². The van der Waals surface area contributed by atoms with Gasteiger partial charge < -0.3 is 14.6 Å². The molecule has 0 bridgehead atoms. The minimum atomic E-state index is -0.607. The van der Waals surface area contributed by atoms with E-state index in [1.807, 2.05) is 13.0 Å². The Morgan fingerprint density at radius 1 is 1.11 bits per heavy atom. The largest absolute Gasteiger partial charge is 0.502 e. The summed E-state index contributed by atoms with van der Waals surface area (Å²) < 4.78 is 10.2. The number of anilines is 1. The molecule has 144 valence electrons. The molecular formula is C20H18N2O5S. The highest BCUT2D eigenvalue weighted by atomic mass is 32.1. The molecule has 0 aromatic heterocycles. The molecule has 0 aliphatic carbocycles. The SMILES string of the molecule is COc1cc(/C=C2/C(=O)NC(=S)N(c3cccc(C)c3)C2=O)cc(OC)c1O. The fraction of sp³-hybridized carbons (Fsp3) is 0.150. The van der Waals surface area contributed by atoms with Crippen LogP contribution in [0.3, 0.4) is 0 Å². The minimum Gasteiger partial charge on any atom is -0.502 e. The van der Waals surface area contributed by atoms with Crippen molar-refractivity contribution in [2.45, 2.75) is 6.92 Å². The van der Waals surface area contributed by atoms with Crippen LogP contribution in [0.5, 0.6) is 17.2 Å². The van der Waals surface area contributed by atoms with E-state index in [4.69, 9.17) is 21.7 Å². The Hall–Kier alpha value is -3.39. The predicted molar refractivity (Wildman–Crippen MR) is 109 cm³/mol. The zero-order valence-corrected chi connectivity index (χ0v) is 16.3. The molecule has 2 N–H and O–H groups in total. The molecule has 0 saturated carbocycles. The van der Waals surface area contributed by atoms with Gasteiger partial charge in [0.2, 0.25) is 5.75 Å². The summed E-state index contributed by atoms with van der Waals surface area (Å²) in [4.78, 5) is 26.7. The highest BCUT2D eigenvalue weighted by Gasteiger charge is 2.34. The lowest BCUT2D eigenvalue weighted by molar-refractivity contribution is -0.122. The second-order valence-electron chi connectivity index (χ2n) is 6.07. The zero-order valence-electron chi connectivity index (χ0n) is 15.5. The van der Waals surface area contributed by atoms with Gasteiger partial charge in [-0.3, -0.25) is 19.8 Å². The van der Waals surface area contributed by atoms with E-state index in [0.29, 0.717) is 11.3 Å². The molecule has 1 aliphatic rings. The van der Waals surface area contributed by atoms with E-state index >= 15 is 0 Å². The molecule has 7 nitrogen and oxygen atoms in total. The fourth-order valence-electron chi connectivity index (χ4n) is 2.82. The van der Waals surface area contributed by atoms with Crippen molar-refractivity contribution < 1.29 is 24.2 Å². The van der Waals surface area contributed by atoms with Crippen LogP contribution in [0.1, 0.15) is 11.1 Å². The van der Waals surface area contributed by atoms with Gasteiger partial charge in [-0.25, -0.2) is 0 Å². The summed E-state index contributed by atoms with van der Waals surface area (Å²) in [6, 6.07) is 10.2. The van der Waals surface area contributed by atoms with Crippen LogP contribution in [0.25, 0.3) is 6.08 Å². The number of nitrogens with zero attached hydrogens (tertiary/aromatic N) is 1. The molecule has 0 radical (unpaired) electrons. The van der Waals surface area contributed by atoms with Crippen molar-refractivity contribution in [1.82, 2.24) is 5.32 Å². The van der Waals surface area contributed by atoms with Gasteiger partial charge in [0.25, 0.3) is 11.8 Å². The average Bonchev–Trinajstić information content (AvgIpc) is 2.66. The van der Waals surface area contributed by atoms with Gasteiger partial charge in [0.15, 0.2) is 16.6 Å². The summed E-state index contributed by atoms with van der Waals surface area (Å²) in [6.45, 7) is 1.89. The van der Waals surface area contributed by atoms with Crippen LogP contribution in [-0.2, 0) is 9.59 Å². The monoisotopic (exact) mass is 398 g/mol. The van der Waals surface area contributed by atoms with Crippen molar-refractivity contribution in [1.29, 1.82) is 0 Å². The summed E-state index contributed by atoms with van der Waals surface area (Å²) in [6.07, 6.45) is 1.40. The number of hydrogen-bond donors (Lipinski definition) is 2. The third kappa shape index (κ3) is 3.54. The van der Waals surface area contributed by atoms with Gasteiger partial charge in [-0.2, -0.15) is 0 Å². The van der Waals surface area contributed by atoms with Crippen LogP contribution in [0, 0.1) is 6.92 Å². The quantitative estimate of drug-likeness (QED) is 0.468. The van der Waals surface area contributed by atoms with Crippen molar-refractivity contribution in [3.8, 4) is 17.2 Å². The highest BCUT2D eigenvalue weighted by Crippen LogP contribution is 2.38. The fourth-order valence-corrected chi connectivity index (χ4v) is 3.10. The lowest BCUT2D eigenvalue weighted by atomic mass is 10.1. The number of thiocarbonyl (C=S) groups is 1. The van der Waals surface area contributed by atoms with E-state index in [-0.39, 0.29) is 27.9 Å². The van der Waals surface area contributed by atoms with Gasteiger partial charge in [0, 0.05) is 0 Å². The number of methoxy groups -OCH3 is 2. The van der Waals surface area contributed by atoms with E-state index < -0.39 is 11.8 Å². The van der Waals surface area contributed by atoms with Gasteiger partial charge in [0.1, 0.15) is 5.57 Å². The number of aromatic hydroxyl groups is 1. The number of ether oxygens (including phenoxy) is 2. The summed E-state index contributed by atoms with van der Waals surface area (Å²) in [5, 5.41) is 12.6. The number of aryl methyl sites for hydroxylation is 1. The van der Waals surface area contributed by atoms with Crippen molar-refractivity contribution in [2.24, 2.45) is 0 Å². The topological polar surface area (TPSA) is 88.1 Å². The first-order chi connectivity index (χ1) is 13.3. The Bertz CT molecular complexity index is 990. The van der Waals surface area contributed by atoms with Crippen molar-refractivity contribution >= 4 is 40.9 Å². The van der Waals surface area contributed by atoms with Crippen LogP contribution in [0.15, 0.2) is 42.0 Å². The Morgan fingerprint density at radius 3 is 2.32 bits per heavy atom. The second kappa shape index (κ2) is 7.69. The first-order valence-electron chi connectivity index (χ1n) is 8.28. The summed E-state index contributed by atoms with van der Waals surface area (Å²) in [7, 11) is 2.78. The maximum Gasteiger partial charge on any atom is 0.270 e. The third-order valence-corrected chi connectivity index (χ3v) is 4.46. The summed E-state index contributed by atoms with van der Waals surface area (Å²) in [5.41, 5.74) is 1.84. The molecular weight excluding hydrogens is 380 g/mol. The molecule has 2 aromatic rings. The highest BCUT2D eigenvalue weighted by molar-refractivity contribution is 7.80. The van der Waals surface area contributed by atoms with E-state index in [2.05, 4.69) is 5.32 Å². The lowest BCUT2D eigenvalue weighted by Crippen LogP contribution is -2.54. The normalized spacial score (nSPS) is 15.6. The number of benzene rings is 2. The number of rotatable bonds is 4. The van der Waals surface area contributed by atoms with Gasteiger partial charge in [-0.15, -0.1) is 0 Å².